The van der Waals surface area contributed by atoms with E-state index in [0.717, 1.165) is 16.9 Å². The van der Waals surface area contributed by atoms with Gasteiger partial charge in [0.25, 0.3) is 0 Å². The zero-order chi connectivity index (χ0) is 12.4. The van der Waals surface area contributed by atoms with Gasteiger partial charge in [-0.2, -0.15) is 0 Å². The van der Waals surface area contributed by atoms with Crippen molar-refractivity contribution in [2.75, 3.05) is 19.0 Å². The number of fused-ring (bicyclic) bond motifs is 1. The molecule has 2 N–H and O–H groups in total. The van der Waals surface area contributed by atoms with E-state index >= 15 is 0 Å². The molecular formula is C12H16N3O2+. The van der Waals surface area contributed by atoms with E-state index < -0.39 is 0 Å². The molecule has 0 spiro atoms. The van der Waals surface area contributed by atoms with E-state index in [1.807, 2.05) is 18.2 Å². The largest absolute Gasteiger partial charge is 0.464 e. The molecule has 1 unspecified atom stereocenters. The average molecular weight is 234 g/mol. The number of rotatable bonds is 3. The van der Waals surface area contributed by atoms with Crippen LogP contribution in [-0.2, 0) is 16.0 Å². The van der Waals surface area contributed by atoms with Gasteiger partial charge in [0.05, 0.1) is 6.61 Å². The summed E-state index contributed by atoms with van der Waals surface area (Å²) < 4.78 is 6.28. The number of hydrogen-bond acceptors (Lipinski definition) is 4. The summed E-state index contributed by atoms with van der Waals surface area (Å²) in [6.07, 6.45) is 0.649. The van der Waals surface area contributed by atoms with Crippen LogP contribution < -0.4 is 5.32 Å². The van der Waals surface area contributed by atoms with E-state index in [1.54, 1.807) is 14.0 Å². The van der Waals surface area contributed by atoms with E-state index in [-0.39, 0.29) is 12.0 Å². The smallest absolute Gasteiger partial charge is 0.328 e. The number of benzene rings is 1. The van der Waals surface area contributed by atoms with Crippen LogP contribution in [0.3, 0.4) is 0 Å². The first kappa shape index (κ1) is 11.6. The second-order valence-electron chi connectivity index (χ2n) is 4.05. The quantitative estimate of drug-likeness (QED) is 0.477. The molecule has 1 aromatic carbocycles. The molecule has 0 saturated heterocycles. The van der Waals surface area contributed by atoms with E-state index in [4.69, 9.17) is 10.3 Å². The van der Waals surface area contributed by atoms with Crippen molar-refractivity contribution in [1.29, 1.82) is 5.53 Å². The highest BCUT2D eigenvalue weighted by Gasteiger charge is 2.28. The Bertz CT molecular complexity index is 471. The third-order valence-corrected chi connectivity index (χ3v) is 2.81. The van der Waals surface area contributed by atoms with E-state index in [0.29, 0.717) is 13.0 Å². The fraction of sp³-hybridized carbons (Fsp3) is 0.417. The summed E-state index contributed by atoms with van der Waals surface area (Å²) in [5.41, 5.74) is 10.3. The number of nitrogens with one attached hydrogen (secondary N) is 2. The highest BCUT2D eigenvalue weighted by Crippen LogP contribution is 2.29. The van der Waals surface area contributed by atoms with Crippen molar-refractivity contribution in [3.05, 3.63) is 23.8 Å². The summed E-state index contributed by atoms with van der Waals surface area (Å²) in [5, 5.41) is 3.13. The third-order valence-electron chi connectivity index (χ3n) is 2.81. The molecule has 1 aromatic rings. The number of carbonyl (C=O) groups excluding carboxylic acids is 1. The Balaban J connectivity index is 2.16. The first-order chi connectivity index (χ1) is 8.11. The first-order valence-corrected chi connectivity index (χ1v) is 5.63. The molecule has 1 aliphatic rings. The monoisotopic (exact) mass is 234 g/mol. The van der Waals surface area contributed by atoms with Crippen LogP contribution in [0.1, 0.15) is 12.5 Å². The molecule has 1 aliphatic heterocycles. The minimum absolute atomic E-state index is 0.218. The fourth-order valence-corrected chi connectivity index (χ4v) is 1.93. The number of carbonyl (C=O) groups is 1. The van der Waals surface area contributed by atoms with E-state index in [9.17, 15) is 4.79 Å². The molecule has 90 valence electrons. The second-order valence-corrected chi connectivity index (χ2v) is 4.05. The predicted molar refractivity (Wildman–Crippen MR) is 62.8 cm³/mol. The van der Waals surface area contributed by atoms with Gasteiger partial charge < -0.3 is 10.1 Å². The van der Waals surface area contributed by atoms with Gasteiger partial charge in [-0.15, -0.1) is 0 Å². The van der Waals surface area contributed by atoms with Crippen LogP contribution in [0.15, 0.2) is 18.2 Å². The van der Waals surface area contributed by atoms with Gasteiger partial charge in [0.1, 0.15) is 6.04 Å². The van der Waals surface area contributed by atoms with Crippen molar-refractivity contribution >= 4 is 17.3 Å². The Morgan fingerprint density at radius 3 is 3.06 bits per heavy atom. The van der Waals surface area contributed by atoms with E-state index in [1.165, 1.54) is 4.70 Å². The summed E-state index contributed by atoms with van der Waals surface area (Å²) in [6, 6.07) is 5.40. The summed E-state index contributed by atoms with van der Waals surface area (Å²) in [7, 11) is 1.67. The number of hydrogen-bond donors (Lipinski definition) is 2. The Kier molecular flexibility index (Phi) is 3.08. The molecule has 0 bridgehead atoms. The molecule has 5 nitrogen and oxygen atoms in total. The van der Waals surface area contributed by atoms with Gasteiger partial charge >= 0.3 is 5.97 Å². The molecule has 0 fully saturated rings. The van der Waals surface area contributed by atoms with Gasteiger partial charge in [-0.1, -0.05) is 16.3 Å². The number of ether oxygens (including phenoxy) is 1. The molecule has 17 heavy (non-hydrogen) atoms. The maximum absolute atomic E-state index is 11.6. The zero-order valence-electron chi connectivity index (χ0n) is 9.99. The van der Waals surface area contributed by atoms with Gasteiger partial charge in [-0.3, -0.25) is 0 Å². The van der Waals surface area contributed by atoms with Gasteiger partial charge in [0, 0.05) is 24.2 Å². The van der Waals surface area contributed by atoms with Crippen LogP contribution in [0.25, 0.3) is 0 Å². The van der Waals surface area contributed by atoms with Crippen LogP contribution in [-0.4, -0.2) is 30.4 Å². The second kappa shape index (κ2) is 4.53. The lowest BCUT2D eigenvalue weighted by molar-refractivity contribution is -0.505. The van der Waals surface area contributed by atoms with Crippen LogP contribution >= 0.6 is 0 Å². The lowest BCUT2D eigenvalue weighted by Gasteiger charge is -2.09. The van der Waals surface area contributed by atoms with Crippen molar-refractivity contribution in [2.24, 2.45) is 0 Å². The number of anilines is 1. The molecule has 0 aliphatic carbocycles. The average Bonchev–Trinajstić information content (AvgIpc) is 2.71. The summed E-state index contributed by atoms with van der Waals surface area (Å²) in [4.78, 5) is 11.6. The van der Waals surface area contributed by atoms with Crippen molar-refractivity contribution in [3.8, 4) is 0 Å². The van der Waals surface area contributed by atoms with Gasteiger partial charge in [0.15, 0.2) is 7.05 Å². The maximum Gasteiger partial charge on any atom is 0.328 e. The molecule has 0 saturated carbocycles. The minimum atomic E-state index is -0.295. The Hall–Kier alpha value is -1.91. The molecule has 2 rings (SSSR count). The molecule has 0 radical (unpaired) electrons. The highest BCUT2D eigenvalue weighted by atomic mass is 16.5. The van der Waals surface area contributed by atoms with Crippen LogP contribution in [0.2, 0.25) is 0 Å². The fourth-order valence-electron chi connectivity index (χ4n) is 1.93. The highest BCUT2D eigenvalue weighted by molar-refractivity contribution is 5.83. The number of nitrogens with zero attached hydrogens (tertiary/aromatic N) is 1. The van der Waals surface area contributed by atoms with Crippen LogP contribution in [0.4, 0.5) is 11.4 Å². The summed E-state index contributed by atoms with van der Waals surface area (Å²) in [5.74, 6) is -0.218. The SMILES string of the molecule is CCOC(=O)C1Cc2ccc([N+](C)=N)cc2N1. The predicted octanol–water partition coefficient (Wildman–Crippen LogP) is 1.89. The lowest BCUT2D eigenvalue weighted by Crippen LogP contribution is -2.28. The normalized spacial score (nSPS) is 17.2. The lowest BCUT2D eigenvalue weighted by atomic mass is 10.1. The molecule has 1 heterocycles. The van der Waals surface area contributed by atoms with Crippen molar-refractivity contribution in [1.82, 2.24) is 0 Å². The molecular weight excluding hydrogens is 218 g/mol. The zero-order valence-corrected chi connectivity index (χ0v) is 9.99. The Morgan fingerprint density at radius 1 is 1.65 bits per heavy atom. The summed E-state index contributed by atoms with van der Waals surface area (Å²) in [6.45, 7) is 2.20. The molecule has 1 atom stereocenters. The molecule has 0 amide bonds. The van der Waals surface area contributed by atoms with Crippen LogP contribution in [0.5, 0.6) is 0 Å². The van der Waals surface area contributed by atoms with Crippen molar-refractivity contribution in [3.63, 3.8) is 0 Å². The standard InChI is InChI=1S/C12H16N3O2/c1-3-17-12(16)11-6-8-4-5-9(15(2)13)7-10(8)14-11/h4-5,7,11,13-14H,3,6H2,1-2H3/q+1. The van der Waals surface area contributed by atoms with Crippen LogP contribution in [0, 0.1) is 5.53 Å². The minimum Gasteiger partial charge on any atom is -0.464 e. The Labute approximate surface area is 99.9 Å². The summed E-state index contributed by atoms with van der Waals surface area (Å²) >= 11 is 0. The van der Waals surface area contributed by atoms with Crippen molar-refractivity contribution in [2.45, 2.75) is 19.4 Å². The van der Waals surface area contributed by atoms with E-state index in [2.05, 4.69) is 5.32 Å². The number of esters is 1. The molecule has 0 aromatic heterocycles. The van der Waals surface area contributed by atoms with Gasteiger partial charge in [-0.05, 0) is 12.5 Å². The first-order valence-electron chi connectivity index (χ1n) is 5.63. The Morgan fingerprint density at radius 2 is 2.41 bits per heavy atom. The molecule has 5 heteroatoms. The van der Waals surface area contributed by atoms with Gasteiger partial charge in [0.2, 0.25) is 5.69 Å². The van der Waals surface area contributed by atoms with Crippen molar-refractivity contribution < 1.29 is 14.2 Å². The van der Waals surface area contributed by atoms with Gasteiger partial charge in [-0.25, -0.2) is 4.79 Å². The topological polar surface area (TPSA) is 65.2 Å². The maximum atomic E-state index is 11.6. The third kappa shape index (κ3) is 2.27.